The Balaban J connectivity index is 0. The lowest BCUT2D eigenvalue weighted by Gasteiger charge is -2.30. The summed E-state index contributed by atoms with van der Waals surface area (Å²) < 4.78 is 6.05. The molecule has 0 saturated carbocycles. The molecule has 0 saturated heterocycles. The molecule has 0 aromatic rings. The van der Waals surface area contributed by atoms with Crippen LogP contribution in [0.4, 0.5) is 0 Å². The maximum Gasteiger partial charge on any atom is 0.290 e. The van der Waals surface area contributed by atoms with Gasteiger partial charge in [-0.2, -0.15) is 0 Å². The number of hydrogen-bond acceptors (Lipinski definition) is 2. The molecule has 0 heterocycles. The Morgan fingerprint density at radius 3 is 1.62 bits per heavy atom. The van der Waals surface area contributed by atoms with Crippen LogP contribution in [0.2, 0.25) is 38.8 Å². The van der Waals surface area contributed by atoms with Crippen molar-refractivity contribution >= 4 is 23.1 Å². The fourth-order valence-corrected chi connectivity index (χ4v) is 8.11. The minimum absolute atomic E-state index is 0.250. The Morgan fingerprint density at radius 2 is 1.54 bits per heavy atom. The summed E-state index contributed by atoms with van der Waals surface area (Å²) in [4.78, 5) is 8.36. The van der Waals surface area contributed by atoms with E-state index in [2.05, 4.69) is 39.7 Å². The summed E-state index contributed by atoms with van der Waals surface area (Å²) in [6.07, 6.45) is 0. The van der Waals surface area contributed by atoms with Crippen molar-refractivity contribution in [1.29, 1.82) is 0 Å². The molecule has 5 heteroatoms. The van der Waals surface area contributed by atoms with Crippen LogP contribution in [0.5, 0.6) is 0 Å². The van der Waals surface area contributed by atoms with Crippen LogP contribution >= 0.6 is 0 Å². The zero-order valence-corrected chi connectivity index (χ0v) is 11.5. The molecule has 0 aliphatic rings. The summed E-state index contributed by atoms with van der Waals surface area (Å²) in [5.41, 5.74) is 0. The number of carbonyl (C=O) groups is 1. The summed E-state index contributed by atoms with van der Waals surface area (Å²) in [5.74, 6) is 0. The summed E-state index contributed by atoms with van der Waals surface area (Å²) in [7, 11) is -2.50. The van der Waals surface area contributed by atoms with Crippen molar-refractivity contribution in [3.8, 4) is 0 Å². The molecular weight excluding hydrogens is 200 g/mol. The van der Waals surface area contributed by atoms with E-state index in [1.165, 1.54) is 6.04 Å². The lowest BCUT2D eigenvalue weighted by molar-refractivity contribution is -0.122. The van der Waals surface area contributed by atoms with Crippen molar-refractivity contribution in [2.24, 2.45) is 0 Å². The van der Waals surface area contributed by atoms with Crippen LogP contribution in [0.15, 0.2) is 0 Å². The fourth-order valence-electron chi connectivity index (χ4n) is 0.901. The third-order valence-corrected chi connectivity index (χ3v) is 7.80. The van der Waals surface area contributed by atoms with Gasteiger partial charge in [0.2, 0.25) is 0 Å². The van der Waals surface area contributed by atoms with Gasteiger partial charge in [-0.3, -0.25) is 4.79 Å². The molecule has 0 atom stereocenters. The third-order valence-electron chi connectivity index (χ3n) is 1.43. The molecule has 0 aliphatic carbocycles. The smallest absolute Gasteiger partial charge is 0.290 e. The zero-order valence-electron chi connectivity index (χ0n) is 9.55. The van der Waals surface area contributed by atoms with Crippen LogP contribution in [0, 0.1) is 0 Å². The first-order chi connectivity index (χ1) is 5.68. The molecule has 0 aliphatic heterocycles. The van der Waals surface area contributed by atoms with Crippen LogP contribution in [0.25, 0.3) is 0 Å². The largest absolute Gasteiger partial charge is 0.483 e. The predicted octanol–water partition coefficient (Wildman–Crippen LogP) is 2.76. The topological polar surface area (TPSA) is 46.5 Å². The molecule has 13 heavy (non-hydrogen) atoms. The lowest BCUT2D eigenvalue weighted by Crippen LogP contribution is -2.41. The van der Waals surface area contributed by atoms with Gasteiger partial charge < -0.3 is 9.22 Å². The Kier molecular flexibility index (Phi) is 7.48. The molecule has 0 unspecified atom stereocenters. The highest BCUT2D eigenvalue weighted by Crippen LogP contribution is 2.16. The average Bonchev–Trinajstić information content (AvgIpc) is 1.84. The molecule has 0 fully saturated rings. The zero-order chi connectivity index (χ0) is 11.1. The quantitative estimate of drug-likeness (QED) is 0.590. The van der Waals surface area contributed by atoms with Crippen molar-refractivity contribution in [2.75, 3.05) is 0 Å². The van der Waals surface area contributed by atoms with Gasteiger partial charge in [0.05, 0.1) is 0 Å². The number of hydrogen-bond donors (Lipinski definition) is 1. The van der Waals surface area contributed by atoms with Crippen LogP contribution < -0.4 is 0 Å². The minimum atomic E-state index is -1.25. The molecule has 0 radical (unpaired) electrons. The standard InChI is InChI=1S/C7H20OSi2.CH2O2/c1-7-10(5,6)8-9(2,3)4;2-1-3/h7H2,1-6H3;1H,(H,2,3). The van der Waals surface area contributed by atoms with Gasteiger partial charge in [0.15, 0.2) is 16.6 Å². The van der Waals surface area contributed by atoms with E-state index in [1.807, 2.05) is 0 Å². The van der Waals surface area contributed by atoms with Crippen molar-refractivity contribution in [3.63, 3.8) is 0 Å². The number of carboxylic acid groups (broad SMARTS) is 1. The lowest BCUT2D eigenvalue weighted by atomic mass is 11.0. The Labute approximate surface area is 83.4 Å². The van der Waals surface area contributed by atoms with Gasteiger partial charge in [-0.15, -0.1) is 0 Å². The van der Waals surface area contributed by atoms with Crippen LogP contribution in [-0.4, -0.2) is 28.2 Å². The van der Waals surface area contributed by atoms with E-state index >= 15 is 0 Å². The van der Waals surface area contributed by atoms with E-state index in [1.54, 1.807) is 0 Å². The van der Waals surface area contributed by atoms with E-state index in [9.17, 15) is 0 Å². The van der Waals surface area contributed by atoms with Gasteiger partial charge in [0, 0.05) is 0 Å². The van der Waals surface area contributed by atoms with E-state index in [-0.39, 0.29) is 6.47 Å². The highest BCUT2D eigenvalue weighted by molar-refractivity contribution is 6.84. The SMILES string of the molecule is CC[Si](C)(C)O[Si](C)(C)C.O=CO. The monoisotopic (exact) mass is 222 g/mol. The van der Waals surface area contributed by atoms with Gasteiger partial charge in [-0.25, -0.2) is 0 Å². The van der Waals surface area contributed by atoms with E-state index < -0.39 is 16.6 Å². The van der Waals surface area contributed by atoms with Gasteiger partial charge in [0.1, 0.15) is 0 Å². The first-order valence-electron chi connectivity index (χ1n) is 4.46. The third kappa shape index (κ3) is 14.7. The average molecular weight is 222 g/mol. The van der Waals surface area contributed by atoms with Crippen molar-refractivity contribution in [2.45, 2.75) is 45.7 Å². The molecule has 0 amide bonds. The van der Waals surface area contributed by atoms with E-state index in [0.717, 1.165) is 0 Å². The van der Waals surface area contributed by atoms with Crippen LogP contribution in [0.3, 0.4) is 0 Å². The van der Waals surface area contributed by atoms with Gasteiger partial charge in [-0.1, -0.05) is 6.92 Å². The molecule has 0 spiro atoms. The number of rotatable bonds is 3. The Hall–Kier alpha value is -0.136. The fraction of sp³-hybridized carbons (Fsp3) is 0.875. The maximum atomic E-state index is 8.36. The second-order valence-electron chi connectivity index (χ2n) is 4.43. The molecule has 0 bridgehead atoms. The normalized spacial score (nSPS) is 11.5. The first-order valence-corrected chi connectivity index (χ1v) is 11.0. The Bertz CT molecular complexity index is 141. The predicted molar refractivity (Wildman–Crippen MR) is 61.1 cm³/mol. The molecule has 3 nitrogen and oxygen atoms in total. The van der Waals surface area contributed by atoms with Crippen LogP contribution in [-0.2, 0) is 8.91 Å². The van der Waals surface area contributed by atoms with Crippen LogP contribution in [0.1, 0.15) is 6.92 Å². The van der Waals surface area contributed by atoms with Gasteiger partial charge >= 0.3 is 0 Å². The molecule has 0 aromatic heterocycles. The minimum Gasteiger partial charge on any atom is -0.483 e. The van der Waals surface area contributed by atoms with E-state index in [4.69, 9.17) is 14.0 Å². The summed E-state index contributed by atoms with van der Waals surface area (Å²) in [6, 6.07) is 1.23. The van der Waals surface area contributed by atoms with Crippen molar-refractivity contribution in [3.05, 3.63) is 0 Å². The Morgan fingerprint density at radius 1 is 1.23 bits per heavy atom. The highest BCUT2D eigenvalue weighted by atomic mass is 28.4. The van der Waals surface area contributed by atoms with E-state index in [0.29, 0.717) is 0 Å². The maximum absolute atomic E-state index is 8.36. The molecule has 1 N–H and O–H groups in total. The summed E-state index contributed by atoms with van der Waals surface area (Å²) in [5, 5.41) is 6.89. The summed E-state index contributed by atoms with van der Waals surface area (Å²) >= 11 is 0. The second-order valence-corrected chi connectivity index (χ2v) is 13.7. The van der Waals surface area contributed by atoms with Crippen molar-refractivity contribution < 1.29 is 14.0 Å². The van der Waals surface area contributed by atoms with Crippen molar-refractivity contribution in [1.82, 2.24) is 0 Å². The first kappa shape index (κ1) is 15.3. The molecular formula is C8H22O3Si2. The highest BCUT2D eigenvalue weighted by Gasteiger charge is 2.27. The van der Waals surface area contributed by atoms with Gasteiger partial charge in [0.25, 0.3) is 6.47 Å². The second kappa shape index (κ2) is 6.34. The molecule has 0 rings (SSSR count). The van der Waals surface area contributed by atoms with Gasteiger partial charge in [-0.05, 0) is 38.8 Å². The molecule has 0 aromatic carbocycles. The summed E-state index contributed by atoms with van der Waals surface area (Å²) in [6.45, 7) is 13.4. The molecule has 80 valence electrons.